The van der Waals surface area contributed by atoms with Gasteiger partial charge in [0.2, 0.25) is 15.8 Å². The fourth-order valence-electron chi connectivity index (χ4n) is 2.86. The first-order valence-corrected chi connectivity index (χ1v) is 10.2. The molecule has 28 heavy (non-hydrogen) atoms. The number of nitrogens with one attached hydrogen (secondary N) is 2. The number of sulfonamides is 1. The van der Waals surface area contributed by atoms with E-state index in [4.69, 9.17) is 17.4 Å². The van der Waals surface area contributed by atoms with Crippen molar-refractivity contribution in [2.24, 2.45) is 5.14 Å². The number of nitrogens with two attached hydrogens (primary N) is 1. The predicted octanol–water partition coefficient (Wildman–Crippen LogP) is 1.20. The molecule has 10 nitrogen and oxygen atoms in total. The van der Waals surface area contributed by atoms with E-state index in [2.05, 4.69) is 15.6 Å². The summed E-state index contributed by atoms with van der Waals surface area (Å²) in [7, 11) is -3.74. The summed E-state index contributed by atoms with van der Waals surface area (Å²) in [6.07, 6.45) is 0.788. The molecule has 0 saturated carbocycles. The molecule has 3 rings (SSSR count). The molecule has 1 saturated heterocycles. The van der Waals surface area contributed by atoms with Crippen LogP contribution >= 0.6 is 12.2 Å². The van der Waals surface area contributed by atoms with Crippen molar-refractivity contribution in [2.45, 2.75) is 17.4 Å². The molecule has 1 atom stereocenters. The van der Waals surface area contributed by atoms with Gasteiger partial charge in [0.1, 0.15) is 0 Å². The van der Waals surface area contributed by atoms with Crippen LogP contribution in [-0.2, 0) is 10.0 Å². The highest BCUT2D eigenvalue weighted by Gasteiger charge is 2.26. The van der Waals surface area contributed by atoms with Crippen LogP contribution in [0.5, 0.6) is 0 Å². The van der Waals surface area contributed by atoms with Gasteiger partial charge >= 0.3 is 5.82 Å². The van der Waals surface area contributed by atoms with Crippen molar-refractivity contribution in [1.82, 2.24) is 10.3 Å². The average Bonchev–Trinajstić information content (AvgIpc) is 3.10. The minimum absolute atomic E-state index is 0.0211. The second-order valence-electron chi connectivity index (χ2n) is 6.21. The van der Waals surface area contributed by atoms with Crippen LogP contribution in [0.2, 0.25) is 0 Å². The van der Waals surface area contributed by atoms with Gasteiger partial charge in [0.05, 0.1) is 4.90 Å². The van der Waals surface area contributed by atoms with Crippen molar-refractivity contribution in [3.63, 3.8) is 0 Å². The lowest BCUT2D eigenvalue weighted by molar-refractivity contribution is -0.389. The highest BCUT2D eigenvalue weighted by Crippen LogP contribution is 2.21. The Bertz CT molecular complexity index is 996. The van der Waals surface area contributed by atoms with E-state index in [0.29, 0.717) is 29.7 Å². The van der Waals surface area contributed by atoms with Gasteiger partial charge in [0.15, 0.2) is 5.11 Å². The van der Waals surface area contributed by atoms with Gasteiger partial charge in [-0.05, 0) is 58.9 Å². The summed E-state index contributed by atoms with van der Waals surface area (Å²) < 4.78 is 22.5. The summed E-state index contributed by atoms with van der Waals surface area (Å²) in [6.45, 7) is 1.29. The van der Waals surface area contributed by atoms with Crippen LogP contribution < -0.4 is 20.7 Å². The van der Waals surface area contributed by atoms with E-state index < -0.39 is 14.9 Å². The Kier molecular flexibility index (Phi) is 5.72. The first kappa shape index (κ1) is 19.9. The van der Waals surface area contributed by atoms with Crippen LogP contribution in [0, 0.1) is 10.1 Å². The summed E-state index contributed by atoms with van der Waals surface area (Å²) in [6, 6.07) is 10.7. The lowest BCUT2D eigenvalue weighted by Crippen LogP contribution is -2.39. The molecule has 0 bridgehead atoms. The van der Waals surface area contributed by atoms with E-state index in [-0.39, 0.29) is 16.8 Å². The average molecular weight is 422 g/mol. The molecule has 2 aromatic rings. The van der Waals surface area contributed by atoms with E-state index in [1.165, 1.54) is 18.2 Å². The maximum absolute atomic E-state index is 11.3. The largest absolute Gasteiger partial charge is 0.365 e. The normalized spacial score (nSPS) is 16.6. The number of nitrogens with zero attached hydrogens (tertiary/aromatic N) is 3. The maximum atomic E-state index is 11.3. The number of rotatable bonds is 5. The number of thiocarbonyl (C=S) groups is 1. The number of anilines is 2. The molecule has 0 aliphatic carbocycles. The van der Waals surface area contributed by atoms with Gasteiger partial charge in [-0.1, -0.05) is 0 Å². The molecule has 1 aromatic heterocycles. The summed E-state index contributed by atoms with van der Waals surface area (Å²) in [5, 5.41) is 22.5. The van der Waals surface area contributed by atoms with E-state index in [1.54, 1.807) is 24.3 Å². The highest BCUT2D eigenvalue weighted by molar-refractivity contribution is 7.89. The lowest BCUT2D eigenvalue weighted by Gasteiger charge is -2.17. The molecule has 0 amide bonds. The number of aromatic nitrogens is 1. The zero-order valence-electron chi connectivity index (χ0n) is 14.6. The van der Waals surface area contributed by atoms with Crippen molar-refractivity contribution in [1.29, 1.82) is 0 Å². The quantitative estimate of drug-likeness (QED) is 0.368. The first-order valence-electron chi connectivity index (χ1n) is 8.29. The molecule has 2 heterocycles. The molecule has 1 aromatic carbocycles. The first-order chi connectivity index (χ1) is 13.2. The van der Waals surface area contributed by atoms with Crippen LogP contribution in [0.25, 0.3) is 0 Å². The van der Waals surface area contributed by atoms with Crippen molar-refractivity contribution in [2.75, 3.05) is 23.3 Å². The fourth-order valence-corrected chi connectivity index (χ4v) is 3.66. The number of pyridine rings is 1. The molecule has 1 aliphatic rings. The Morgan fingerprint density at radius 1 is 1.29 bits per heavy atom. The maximum Gasteiger partial charge on any atom is 0.365 e. The van der Waals surface area contributed by atoms with Gasteiger partial charge in [-0.25, -0.2) is 13.6 Å². The Morgan fingerprint density at radius 2 is 2.00 bits per heavy atom. The SMILES string of the molecule is NS(=O)(=O)c1ccc(NC(=S)N[C@@H]2CCN(c3cccc([N+](=O)[O-])n3)C2)cc1. The van der Waals surface area contributed by atoms with Gasteiger partial charge in [-0.15, -0.1) is 0 Å². The molecule has 0 spiro atoms. The van der Waals surface area contributed by atoms with E-state index in [1.807, 2.05) is 4.90 Å². The lowest BCUT2D eigenvalue weighted by atomic mass is 10.3. The second kappa shape index (κ2) is 8.04. The monoisotopic (exact) mass is 422 g/mol. The predicted molar refractivity (Wildman–Crippen MR) is 109 cm³/mol. The third kappa shape index (κ3) is 4.91. The Hall–Kier alpha value is -2.83. The minimum atomic E-state index is -3.74. The number of hydrogen-bond acceptors (Lipinski definition) is 7. The van der Waals surface area contributed by atoms with Gasteiger partial charge in [0, 0.05) is 37.0 Å². The zero-order valence-corrected chi connectivity index (χ0v) is 16.2. The molecule has 0 radical (unpaired) electrons. The van der Waals surface area contributed by atoms with E-state index in [9.17, 15) is 18.5 Å². The van der Waals surface area contributed by atoms with Gasteiger partial charge in [-0.3, -0.25) is 0 Å². The van der Waals surface area contributed by atoms with Crippen molar-refractivity contribution < 1.29 is 13.3 Å². The summed E-state index contributed by atoms with van der Waals surface area (Å²) in [4.78, 5) is 16.4. The van der Waals surface area contributed by atoms with Gasteiger partial charge < -0.3 is 25.6 Å². The fraction of sp³-hybridized carbons (Fsp3) is 0.250. The molecule has 4 N–H and O–H groups in total. The van der Waals surface area contributed by atoms with Crippen molar-refractivity contribution >= 4 is 44.7 Å². The van der Waals surface area contributed by atoms with E-state index in [0.717, 1.165) is 6.42 Å². The van der Waals surface area contributed by atoms with Crippen LogP contribution in [0.4, 0.5) is 17.3 Å². The second-order valence-corrected chi connectivity index (χ2v) is 8.18. The summed E-state index contributed by atoms with van der Waals surface area (Å²) in [5.74, 6) is 0.366. The molecule has 1 aliphatic heterocycles. The van der Waals surface area contributed by atoms with E-state index >= 15 is 0 Å². The highest BCUT2D eigenvalue weighted by atomic mass is 32.2. The number of primary sulfonamides is 1. The molecule has 1 fully saturated rings. The van der Waals surface area contributed by atoms with Gasteiger partial charge in [0.25, 0.3) is 0 Å². The van der Waals surface area contributed by atoms with Crippen molar-refractivity contribution in [3.05, 3.63) is 52.6 Å². The van der Waals surface area contributed by atoms with Crippen LogP contribution in [0.15, 0.2) is 47.4 Å². The number of nitro groups is 1. The molecule has 0 unspecified atom stereocenters. The third-order valence-corrected chi connectivity index (χ3v) is 5.34. The molecular formula is C16H18N6O4S2. The molecule has 12 heteroatoms. The number of hydrogen-bond donors (Lipinski definition) is 3. The Labute approximate surface area is 166 Å². The molecular weight excluding hydrogens is 404 g/mol. The standard InChI is InChI=1S/C16H18N6O4S2/c17-28(25,26)13-6-4-11(5-7-13)18-16(27)19-12-8-9-21(10-12)14-2-1-3-15(20-14)22(23)24/h1-7,12H,8-10H2,(H2,17,25,26)(H2,18,19,27)/t12-/m1/s1. The van der Waals surface area contributed by atoms with Crippen molar-refractivity contribution in [3.8, 4) is 0 Å². The van der Waals surface area contributed by atoms with Gasteiger partial charge in [-0.2, -0.15) is 0 Å². The van der Waals surface area contributed by atoms with Crippen LogP contribution in [0.3, 0.4) is 0 Å². The van der Waals surface area contributed by atoms with Crippen LogP contribution in [-0.4, -0.2) is 42.6 Å². The summed E-state index contributed by atoms with van der Waals surface area (Å²) in [5.41, 5.74) is 0.625. The molecule has 148 valence electrons. The minimum Gasteiger partial charge on any atom is -0.358 e. The van der Waals surface area contributed by atoms with Crippen LogP contribution in [0.1, 0.15) is 6.42 Å². The third-order valence-electron chi connectivity index (χ3n) is 4.19. The zero-order chi connectivity index (χ0) is 20.3. The summed E-state index contributed by atoms with van der Waals surface area (Å²) >= 11 is 5.30. The smallest absolute Gasteiger partial charge is 0.358 e. The topological polar surface area (TPSA) is 143 Å². The Morgan fingerprint density at radius 3 is 2.64 bits per heavy atom. The number of benzene rings is 1. The Balaban J connectivity index is 1.56.